The van der Waals surface area contributed by atoms with E-state index in [0.29, 0.717) is 27.8 Å². The Balaban J connectivity index is 2.82. The summed E-state index contributed by atoms with van der Waals surface area (Å²) < 4.78 is 1.78. The van der Waals surface area contributed by atoms with E-state index in [1.807, 2.05) is 0 Å². The molecule has 0 aliphatic rings. The van der Waals surface area contributed by atoms with Crippen LogP contribution in [0, 0.1) is 0 Å². The van der Waals surface area contributed by atoms with Crippen LogP contribution in [0.2, 0.25) is 15.5 Å². The van der Waals surface area contributed by atoms with Crippen molar-refractivity contribution >= 4 is 74.4 Å². The van der Waals surface area contributed by atoms with Gasteiger partial charge in [0, 0.05) is 0 Å². The maximum Gasteiger partial charge on any atom is 0.208 e. The maximum absolute atomic E-state index is 5.90. The molecule has 2 aromatic rings. The van der Waals surface area contributed by atoms with Crippen molar-refractivity contribution in [3.8, 4) is 0 Å². The second-order valence-electron chi connectivity index (χ2n) is 2.40. The lowest BCUT2D eigenvalue weighted by molar-refractivity contribution is 1.23. The Hall–Kier alpha value is 0.650. The van der Waals surface area contributed by atoms with Crippen molar-refractivity contribution in [3.05, 3.63) is 21.5 Å². The molecule has 0 amide bonds. The fraction of sp³-hybridized carbons (Fsp3) is 0. The summed E-state index contributed by atoms with van der Waals surface area (Å²) in [5, 5.41) is 1.06. The molecule has 2 aromatic heterocycles. The normalized spacial score (nSPS) is 12.0. The second kappa shape index (κ2) is 4.26. The van der Waals surface area contributed by atoms with Crippen LogP contribution in [0.4, 0.5) is 0 Å². The molecule has 14 heavy (non-hydrogen) atoms. The van der Waals surface area contributed by atoms with Crippen LogP contribution in [0.5, 0.6) is 0 Å². The number of fused-ring (bicyclic) bond motifs is 1. The molecule has 0 aliphatic carbocycles. The predicted octanol–water partition coefficient (Wildman–Crippen LogP) is 4.18. The summed E-state index contributed by atoms with van der Waals surface area (Å²) in [5.74, 6) is 0. The third kappa shape index (κ3) is 1.83. The highest BCUT2D eigenvalue weighted by Crippen LogP contribution is 2.34. The van der Waals surface area contributed by atoms with E-state index >= 15 is 0 Å². The van der Waals surface area contributed by atoms with Crippen molar-refractivity contribution in [3.63, 3.8) is 0 Å². The fourth-order valence-electron chi connectivity index (χ4n) is 1.01. The van der Waals surface area contributed by atoms with Crippen LogP contribution < -0.4 is 0 Å². The van der Waals surface area contributed by atoms with Gasteiger partial charge in [0.25, 0.3) is 0 Å². The number of halogens is 4. The molecule has 0 radical (unpaired) electrons. The zero-order valence-corrected chi connectivity index (χ0v) is 11.9. The highest BCUT2D eigenvalue weighted by Gasteiger charge is 2.12. The van der Waals surface area contributed by atoms with Gasteiger partial charge in [-0.2, -0.15) is 0 Å². The van der Waals surface area contributed by atoms with Crippen molar-refractivity contribution in [2.75, 3.05) is 0 Å². The van der Waals surface area contributed by atoms with Gasteiger partial charge in [-0.15, -0.1) is 0 Å². The van der Waals surface area contributed by atoms with Crippen LogP contribution in [0.1, 0.15) is 0 Å². The summed E-state index contributed by atoms with van der Waals surface area (Å²) in [4.78, 5) is 8.23. The molecular weight excluding hydrogens is 378 g/mol. The van der Waals surface area contributed by atoms with Crippen LogP contribution in [-0.4, -0.2) is 14.3 Å². The van der Waals surface area contributed by atoms with E-state index in [4.69, 9.17) is 34.8 Å². The van der Waals surface area contributed by atoms with Gasteiger partial charge in [-0.25, -0.2) is 9.97 Å². The molecular formula is C6H2Cl3IN3P. The first-order valence-corrected chi connectivity index (χ1v) is 8.59. The molecule has 2 heterocycles. The lowest BCUT2D eigenvalue weighted by Crippen LogP contribution is -1.85. The summed E-state index contributed by atoms with van der Waals surface area (Å²) >= 11 is 19.7. The summed E-state index contributed by atoms with van der Waals surface area (Å²) in [6.45, 7) is 0. The molecule has 1 unspecified atom stereocenters. The average Bonchev–Trinajstić information content (AvgIpc) is 2.42. The number of hydrogen-bond donors (Lipinski definition) is 0. The minimum atomic E-state index is 0.270. The quantitative estimate of drug-likeness (QED) is 0.422. The van der Waals surface area contributed by atoms with Crippen molar-refractivity contribution in [2.24, 2.45) is 0 Å². The minimum absolute atomic E-state index is 0.270. The van der Waals surface area contributed by atoms with E-state index in [1.54, 1.807) is 10.4 Å². The monoisotopic (exact) mass is 379 g/mol. The van der Waals surface area contributed by atoms with Gasteiger partial charge in [-0.1, -0.05) is 23.2 Å². The fourth-order valence-corrected chi connectivity index (χ4v) is 3.75. The van der Waals surface area contributed by atoms with Crippen molar-refractivity contribution in [2.45, 2.75) is 0 Å². The lowest BCUT2D eigenvalue weighted by Gasteiger charge is -1.98. The highest BCUT2D eigenvalue weighted by atomic mass is 127. The number of pyridine rings is 1. The first kappa shape index (κ1) is 11.1. The Bertz CT molecular complexity index is 501. The lowest BCUT2D eigenvalue weighted by atomic mass is 10.4. The molecule has 0 fully saturated rings. The van der Waals surface area contributed by atoms with Gasteiger partial charge in [0.2, 0.25) is 5.28 Å². The Labute approximate surface area is 109 Å². The first-order valence-electron chi connectivity index (χ1n) is 3.40. The maximum atomic E-state index is 5.90. The van der Waals surface area contributed by atoms with Gasteiger partial charge in [-0.3, -0.25) is 4.34 Å². The zero-order chi connectivity index (χ0) is 10.3. The molecule has 0 aromatic carbocycles. The molecule has 3 nitrogen and oxygen atoms in total. The average molecular weight is 380 g/mol. The first-order chi connectivity index (χ1) is 6.63. The molecule has 8 heteroatoms. The predicted molar refractivity (Wildman–Crippen MR) is 70.3 cm³/mol. The molecule has 0 spiro atoms. The number of imidazole rings is 1. The molecule has 0 N–H and O–H groups in total. The largest absolute Gasteiger partial charge is 0.271 e. The summed E-state index contributed by atoms with van der Waals surface area (Å²) in [7, 11) is 0. The van der Waals surface area contributed by atoms with Crippen LogP contribution in [-0.2, 0) is 0 Å². The molecule has 0 saturated heterocycles. The van der Waals surface area contributed by atoms with E-state index < -0.39 is 0 Å². The molecule has 74 valence electrons. The van der Waals surface area contributed by atoms with Crippen LogP contribution in [0.25, 0.3) is 11.2 Å². The van der Waals surface area contributed by atoms with E-state index in [9.17, 15) is 0 Å². The number of rotatable bonds is 1. The zero-order valence-electron chi connectivity index (χ0n) is 6.43. The van der Waals surface area contributed by atoms with Crippen LogP contribution in [0.15, 0.2) is 6.07 Å². The van der Waals surface area contributed by atoms with Gasteiger partial charge in [0.1, 0.15) is 10.7 Å². The Morgan fingerprint density at radius 3 is 2.64 bits per heavy atom. The molecule has 1 atom stereocenters. The van der Waals surface area contributed by atoms with Gasteiger partial charge in [0.05, 0.1) is 11.4 Å². The summed E-state index contributed by atoms with van der Waals surface area (Å²) in [6, 6.07) is 1.66. The second-order valence-corrected chi connectivity index (χ2v) is 5.57. The third-order valence-corrected chi connectivity index (χ3v) is 4.70. The Kier molecular flexibility index (Phi) is 3.39. The molecule has 0 saturated carbocycles. The summed E-state index contributed by atoms with van der Waals surface area (Å²) in [5.41, 5.74) is 1.32. The number of hydrogen-bond acceptors (Lipinski definition) is 2. The number of aromatic nitrogens is 3. The van der Waals surface area contributed by atoms with Crippen LogP contribution in [0.3, 0.4) is 0 Å². The highest BCUT2D eigenvalue weighted by molar-refractivity contribution is 14.2. The van der Waals surface area contributed by atoms with E-state index in [-0.39, 0.29) is 5.15 Å². The van der Waals surface area contributed by atoms with Crippen molar-refractivity contribution in [1.82, 2.24) is 14.3 Å². The third-order valence-electron chi connectivity index (χ3n) is 1.59. The van der Waals surface area contributed by atoms with Gasteiger partial charge >= 0.3 is 0 Å². The van der Waals surface area contributed by atoms with E-state index in [0.717, 1.165) is 0 Å². The van der Waals surface area contributed by atoms with Crippen molar-refractivity contribution in [1.29, 1.82) is 0 Å². The number of nitrogens with zero attached hydrogens (tertiary/aromatic N) is 3. The standard InChI is InChI=1S/C6H2Cl3IN3P/c7-2-1-3-5(12-4(2)8)13(14-10)6(9)11-3/h1,14H. The molecule has 0 aliphatic heterocycles. The van der Waals surface area contributed by atoms with Gasteiger partial charge < -0.3 is 0 Å². The van der Waals surface area contributed by atoms with Gasteiger partial charge in [0.15, 0.2) is 5.65 Å². The van der Waals surface area contributed by atoms with E-state index in [2.05, 4.69) is 32.0 Å². The Morgan fingerprint density at radius 1 is 1.29 bits per heavy atom. The summed E-state index contributed by atoms with van der Waals surface area (Å²) in [6.07, 6.45) is 0.428. The Morgan fingerprint density at radius 2 is 2.00 bits per heavy atom. The smallest absolute Gasteiger partial charge is 0.208 e. The topological polar surface area (TPSA) is 30.7 Å². The minimum Gasteiger partial charge on any atom is -0.271 e. The SMILES string of the molecule is Clc1cc2nc(Cl)n(PI)c2nc1Cl. The van der Waals surface area contributed by atoms with Crippen LogP contribution >= 0.6 is 63.2 Å². The van der Waals surface area contributed by atoms with Gasteiger partial charge in [-0.05, 0) is 39.7 Å². The van der Waals surface area contributed by atoms with Crippen molar-refractivity contribution < 1.29 is 0 Å². The molecule has 0 bridgehead atoms. The molecule has 2 rings (SSSR count). The van der Waals surface area contributed by atoms with E-state index in [1.165, 1.54) is 0 Å².